The van der Waals surface area contributed by atoms with Crippen molar-refractivity contribution < 1.29 is 14.3 Å². The van der Waals surface area contributed by atoms with Gasteiger partial charge in [0.05, 0.1) is 5.02 Å². The number of carbonyl (C=O) groups is 2. The molecule has 0 aliphatic heterocycles. The number of halogens is 1. The van der Waals surface area contributed by atoms with Gasteiger partial charge in [0.25, 0.3) is 5.91 Å². The van der Waals surface area contributed by atoms with Gasteiger partial charge in [-0.1, -0.05) is 29.8 Å². The first-order valence-electron chi connectivity index (χ1n) is 7.01. The molecule has 1 atom stereocenters. The molecule has 0 heterocycles. The minimum absolute atomic E-state index is 0.352. The molecule has 0 aromatic heterocycles. The molecule has 0 fully saturated rings. The molecular weight excluding hydrogens is 316 g/mol. The number of ether oxygens (including phenoxy) is 1. The van der Waals surface area contributed by atoms with Crippen molar-refractivity contribution in [2.45, 2.75) is 20.0 Å². The Hall–Kier alpha value is -2.53. The van der Waals surface area contributed by atoms with Crippen LogP contribution >= 0.6 is 11.6 Å². The molecule has 2 amide bonds. The summed E-state index contributed by atoms with van der Waals surface area (Å²) in [5, 5.41) is 3.16. The van der Waals surface area contributed by atoms with Crippen LogP contribution in [0.1, 0.15) is 22.8 Å². The third kappa shape index (κ3) is 4.02. The summed E-state index contributed by atoms with van der Waals surface area (Å²) in [6, 6.07) is 11.9. The second-order valence-corrected chi connectivity index (χ2v) is 5.43. The van der Waals surface area contributed by atoms with Crippen LogP contribution in [0.2, 0.25) is 5.02 Å². The van der Waals surface area contributed by atoms with Crippen LogP contribution in [-0.2, 0) is 4.79 Å². The molecule has 2 rings (SSSR count). The van der Waals surface area contributed by atoms with E-state index in [1.807, 2.05) is 0 Å². The van der Waals surface area contributed by atoms with E-state index in [2.05, 4.69) is 5.32 Å². The van der Waals surface area contributed by atoms with Gasteiger partial charge in [0.15, 0.2) is 6.10 Å². The molecular formula is C17H17ClN2O3. The molecule has 0 bridgehead atoms. The summed E-state index contributed by atoms with van der Waals surface area (Å²) in [5.74, 6) is -0.465. The van der Waals surface area contributed by atoms with Crippen molar-refractivity contribution in [1.29, 1.82) is 0 Å². The van der Waals surface area contributed by atoms with Crippen molar-refractivity contribution in [3.63, 3.8) is 0 Å². The SMILES string of the molecule is Cc1c(NC(=O)[C@H](C)Oc2ccccc2Cl)cccc1C(N)=O. The predicted molar refractivity (Wildman–Crippen MR) is 89.9 cm³/mol. The summed E-state index contributed by atoms with van der Waals surface area (Å²) < 4.78 is 5.56. The minimum Gasteiger partial charge on any atom is -0.479 e. The summed E-state index contributed by atoms with van der Waals surface area (Å²) in [4.78, 5) is 23.6. The first-order chi connectivity index (χ1) is 10.9. The first kappa shape index (κ1) is 16.8. The highest BCUT2D eigenvalue weighted by molar-refractivity contribution is 6.32. The van der Waals surface area contributed by atoms with Gasteiger partial charge >= 0.3 is 0 Å². The average molecular weight is 333 g/mol. The molecule has 0 saturated carbocycles. The number of para-hydroxylation sites is 1. The lowest BCUT2D eigenvalue weighted by Gasteiger charge is -2.17. The molecule has 23 heavy (non-hydrogen) atoms. The quantitative estimate of drug-likeness (QED) is 0.882. The number of amides is 2. The van der Waals surface area contributed by atoms with Crippen molar-refractivity contribution in [2.75, 3.05) is 5.32 Å². The molecule has 5 nitrogen and oxygen atoms in total. The Bertz CT molecular complexity index is 746. The highest BCUT2D eigenvalue weighted by Gasteiger charge is 2.18. The lowest BCUT2D eigenvalue weighted by atomic mass is 10.1. The van der Waals surface area contributed by atoms with Gasteiger partial charge in [-0.15, -0.1) is 0 Å². The van der Waals surface area contributed by atoms with Crippen molar-refractivity contribution in [3.05, 3.63) is 58.6 Å². The largest absolute Gasteiger partial charge is 0.479 e. The monoisotopic (exact) mass is 332 g/mol. The molecule has 2 aromatic rings. The Balaban J connectivity index is 2.12. The van der Waals surface area contributed by atoms with E-state index in [9.17, 15) is 9.59 Å². The van der Waals surface area contributed by atoms with E-state index in [-0.39, 0.29) is 5.91 Å². The van der Waals surface area contributed by atoms with Gasteiger partial charge in [-0.05, 0) is 43.7 Å². The maximum Gasteiger partial charge on any atom is 0.265 e. The van der Waals surface area contributed by atoms with Crippen molar-refractivity contribution >= 4 is 29.1 Å². The molecule has 0 unspecified atom stereocenters. The van der Waals surface area contributed by atoms with Gasteiger partial charge in [-0.25, -0.2) is 0 Å². The average Bonchev–Trinajstić information content (AvgIpc) is 2.51. The Morgan fingerprint density at radius 3 is 2.52 bits per heavy atom. The third-order valence-electron chi connectivity index (χ3n) is 3.37. The van der Waals surface area contributed by atoms with E-state index in [1.54, 1.807) is 56.3 Å². The standard InChI is InChI=1S/C17H17ClN2O3/c1-10-12(16(19)21)6-5-8-14(10)20-17(22)11(2)23-15-9-4-3-7-13(15)18/h3-9,11H,1-2H3,(H2,19,21)(H,20,22)/t11-/m0/s1. The van der Waals surface area contributed by atoms with E-state index in [1.165, 1.54) is 0 Å². The van der Waals surface area contributed by atoms with E-state index in [4.69, 9.17) is 22.1 Å². The van der Waals surface area contributed by atoms with Gasteiger partial charge in [0, 0.05) is 11.3 Å². The van der Waals surface area contributed by atoms with Crippen LogP contribution in [0, 0.1) is 6.92 Å². The Kier molecular flexibility index (Phi) is 5.24. The summed E-state index contributed by atoms with van der Waals surface area (Å²) in [6.07, 6.45) is -0.758. The lowest BCUT2D eigenvalue weighted by molar-refractivity contribution is -0.122. The molecule has 0 aliphatic rings. The zero-order valence-corrected chi connectivity index (χ0v) is 13.6. The van der Waals surface area contributed by atoms with Crippen LogP contribution in [0.25, 0.3) is 0 Å². The fraction of sp³-hybridized carbons (Fsp3) is 0.176. The van der Waals surface area contributed by atoms with Gasteiger partial charge in [-0.3, -0.25) is 9.59 Å². The Morgan fingerprint density at radius 2 is 1.87 bits per heavy atom. The van der Waals surface area contributed by atoms with Crippen LogP contribution in [0.4, 0.5) is 5.69 Å². The van der Waals surface area contributed by atoms with Crippen LogP contribution in [-0.4, -0.2) is 17.9 Å². The summed E-state index contributed by atoms with van der Waals surface area (Å²) in [5.41, 5.74) is 6.79. The number of primary amides is 1. The normalized spacial score (nSPS) is 11.6. The molecule has 0 radical (unpaired) electrons. The number of hydrogen-bond donors (Lipinski definition) is 2. The van der Waals surface area contributed by atoms with Crippen molar-refractivity contribution in [3.8, 4) is 5.75 Å². The van der Waals surface area contributed by atoms with Crippen LogP contribution in [0.3, 0.4) is 0 Å². The molecule has 6 heteroatoms. The fourth-order valence-corrected chi connectivity index (χ4v) is 2.24. The predicted octanol–water partition coefficient (Wildman–Crippen LogP) is 3.15. The highest BCUT2D eigenvalue weighted by atomic mass is 35.5. The minimum atomic E-state index is -0.758. The number of hydrogen-bond acceptors (Lipinski definition) is 3. The first-order valence-corrected chi connectivity index (χ1v) is 7.39. The third-order valence-corrected chi connectivity index (χ3v) is 3.68. The maximum atomic E-state index is 12.3. The number of benzene rings is 2. The van der Waals surface area contributed by atoms with Gasteiger partial charge in [0.1, 0.15) is 5.75 Å². The Morgan fingerprint density at radius 1 is 1.17 bits per heavy atom. The van der Waals surface area contributed by atoms with Crippen molar-refractivity contribution in [1.82, 2.24) is 0 Å². The van der Waals surface area contributed by atoms with Crippen molar-refractivity contribution in [2.24, 2.45) is 5.73 Å². The smallest absolute Gasteiger partial charge is 0.265 e. The van der Waals surface area contributed by atoms with E-state index >= 15 is 0 Å². The zero-order chi connectivity index (χ0) is 17.0. The van der Waals surface area contributed by atoms with Gasteiger partial charge in [-0.2, -0.15) is 0 Å². The van der Waals surface area contributed by atoms with E-state index < -0.39 is 12.0 Å². The topological polar surface area (TPSA) is 81.4 Å². The lowest BCUT2D eigenvalue weighted by Crippen LogP contribution is -2.30. The second-order valence-electron chi connectivity index (χ2n) is 5.02. The van der Waals surface area contributed by atoms with Gasteiger partial charge < -0.3 is 15.8 Å². The maximum absolute atomic E-state index is 12.3. The second kappa shape index (κ2) is 7.15. The molecule has 0 spiro atoms. The van der Waals surface area contributed by atoms with Gasteiger partial charge in [0.2, 0.25) is 5.91 Å². The molecule has 120 valence electrons. The van der Waals surface area contributed by atoms with Crippen LogP contribution in [0.5, 0.6) is 5.75 Å². The zero-order valence-electron chi connectivity index (χ0n) is 12.8. The summed E-state index contributed by atoms with van der Waals surface area (Å²) in [6.45, 7) is 3.33. The molecule has 0 saturated heterocycles. The number of nitrogens with two attached hydrogens (primary N) is 1. The summed E-state index contributed by atoms with van der Waals surface area (Å²) >= 11 is 6.01. The number of carbonyl (C=O) groups excluding carboxylic acids is 2. The number of anilines is 1. The highest BCUT2D eigenvalue weighted by Crippen LogP contribution is 2.25. The number of nitrogens with one attached hydrogen (secondary N) is 1. The number of rotatable bonds is 5. The van der Waals surface area contributed by atoms with E-state index in [0.29, 0.717) is 27.6 Å². The fourth-order valence-electron chi connectivity index (χ4n) is 2.06. The Labute approximate surface area is 139 Å². The van der Waals surface area contributed by atoms with Crippen LogP contribution in [0.15, 0.2) is 42.5 Å². The summed E-state index contributed by atoms with van der Waals surface area (Å²) in [7, 11) is 0. The van der Waals surface area contributed by atoms with Crippen LogP contribution < -0.4 is 15.8 Å². The molecule has 2 aromatic carbocycles. The molecule has 0 aliphatic carbocycles. The molecule has 3 N–H and O–H groups in total. The van der Waals surface area contributed by atoms with E-state index in [0.717, 1.165) is 0 Å².